The first-order valence-corrected chi connectivity index (χ1v) is 7.59. The fraction of sp³-hybridized carbons (Fsp3) is 0.250. The lowest BCUT2D eigenvalue weighted by Crippen LogP contribution is -2.30. The number of halogens is 4. The van der Waals surface area contributed by atoms with Crippen molar-refractivity contribution in [2.24, 2.45) is 0 Å². The molecular formula is C16H13ClF3N3O. The van der Waals surface area contributed by atoms with E-state index in [0.29, 0.717) is 30.8 Å². The third kappa shape index (κ3) is 3.17. The molecule has 1 aliphatic heterocycles. The van der Waals surface area contributed by atoms with Gasteiger partial charge in [-0.05, 0) is 23.6 Å². The van der Waals surface area contributed by atoms with Crippen molar-refractivity contribution in [3.8, 4) is 0 Å². The van der Waals surface area contributed by atoms with E-state index in [4.69, 9.17) is 11.6 Å². The van der Waals surface area contributed by atoms with Crippen LogP contribution in [0.4, 0.5) is 18.9 Å². The summed E-state index contributed by atoms with van der Waals surface area (Å²) in [5.41, 5.74) is 0.166. The third-order valence-electron chi connectivity index (χ3n) is 3.91. The molecule has 0 spiro atoms. The van der Waals surface area contributed by atoms with Crippen LogP contribution in [0.15, 0.2) is 41.3 Å². The number of anilines is 1. The summed E-state index contributed by atoms with van der Waals surface area (Å²) >= 11 is 5.97. The molecule has 3 rings (SSSR count). The maximum absolute atomic E-state index is 13.1. The van der Waals surface area contributed by atoms with Gasteiger partial charge in [0.05, 0.1) is 17.4 Å². The maximum Gasteiger partial charge on any atom is 0.416 e. The number of aromatic amines is 1. The number of H-pyrrole nitrogens is 1. The zero-order chi connectivity index (χ0) is 17.3. The Bertz CT molecular complexity index is 845. The Kier molecular flexibility index (Phi) is 4.36. The smallest absolute Gasteiger partial charge is 0.365 e. The number of nitrogens with zero attached hydrogens (tertiary/aromatic N) is 2. The van der Waals surface area contributed by atoms with Gasteiger partial charge in [0.1, 0.15) is 5.02 Å². The molecule has 0 bridgehead atoms. The van der Waals surface area contributed by atoms with Gasteiger partial charge < -0.3 is 4.90 Å². The lowest BCUT2D eigenvalue weighted by atomic mass is 9.94. The molecule has 0 amide bonds. The molecule has 1 N–H and O–H groups in total. The van der Waals surface area contributed by atoms with E-state index in [0.717, 1.165) is 6.07 Å². The van der Waals surface area contributed by atoms with Crippen molar-refractivity contribution in [1.82, 2.24) is 10.2 Å². The number of hydrogen-bond donors (Lipinski definition) is 1. The summed E-state index contributed by atoms with van der Waals surface area (Å²) < 4.78 is 39.4. The van der Waals surface area contributed by atoms with Crippen LogP contribution in [0.5, 0.6) is 0 Å². The highest BCUT2D eigenvalue weighted by Gasteiger charge is 2.34. The van der Waals surface area contributed by atoms with E-state index in [2.05, 4.69) is 10.2 Å². The lowest BCUT2D eigenvalue weighted by Gasteiger charge is -2.29. The third-order valence-corrected chi connectivity index (χ3v) is 4.27. The first-order valence-electron chi connectivity index (χ1n) is 7.21. The van der Waals surface area contributed by atoms with Gasteiger partial charge in [0.15, 0.2) is 0 Å². The van der Waals surface area contributed by atoms with Crippen molar-refractivity contribution in [3.05, 3.63) is 63.0 Å². The van der Waals surface area contributed by atoms with Gasteiger partial charge in [0.25, 0.3) is 5.56 Å². The summed E-state index contributed by atoms with van der Waals surface area (Å²) in [6.45, 7) is 0.801. The Morgan fingerprint density at radius 3 is 2.67 bits per heavy atom. The molecule has 1 aromatic carbocycles. The van der Waals surface area contributed by atoms with E-state index in [1.807, 2.05) is 4.90 Å². The topological polar surface area (TPSA) is 49.0 Å². The Balaban J connectivity index is 1.90. The van der Waals surface area contributed by atoms with E-state index in [-0.39, 0.29) is 10.6 Å². The second kappa shape index (κ2) is 6.32. The van der Waals surface area contributed by atoms with Crippen LogP contribution in [-0.2, 0) is 6.18 Å². The molecule has 0 aliphatic carbocycles. The number of alkyl halides is 3. The predicted octanol–water partition coefficient (Wildman–Crippen LogP) is 3.74. The summed E-state index contributed by atoms with van der Waals surface area (Å²) in [7, 11) is 0. The van der Waals surface area contributed by atoms with Gasteiger partial charge in [0.2, 0.25) is 0 Å². The Morgan fingerprint density at radius 2 is 2.00 bits per heavy atom. The van der Waals surface area contributed by atoms with Crippen LogP contribution in [0.25, 0.3) is 5.57 Å². The largest absolute Gasteiger partial charge is 0.416 e. The molecular weight excluding hydrogens is 343 g/mol. The van der Waals surface area contributed by atoms with E-state index < -0.39 is 17.3 Å². The number of hydrogen-bond acceptors (Lipinski definition) is 3. The molecule has 126 valence electrons. The van der Waals surface area contributed by atoms with Crippen molar-refractivity contribution in [3.63, 3.8) is 0 Å². The normalized spacial score (nSPS) is 15.3. The van der Waals surface area contributed by atoms with Crippen LogP contribution in [0.2, 0.25) is 5.02 Å². The average molecular weight is 356 g/mol. The van der Waals surface area contributed by atoms with Crippen LogP contribution in [0.3, 0.4) is 0 Å². The van der Waals surface area contributed by atoms with Crippen LogP contribution in [0.1, 0.15) is 17.5 Å². The standard InChI is InChI=1S/C16H13ClF3N3O/c17-14-13(9-21-22-15(14)24)23-7-5-10(6-8-23)11-3-1-2-4-12(11)16(18,19)20/h1-5,9H,6-8H2,(H,22,24). The summed E-state index contributed by atoms with van der Waals surface area (Å²) in [5, 5.41) is 5.97. The second-order valence-electron chi connectivity index (χ2n) is 5.37. The van der Waals surface area contributed by atoms with Crippen molar-refractivity contribution in [2.45, 2.75) is 12.6 Å². The number of aromatic nitrogens is 2. The zero-order valence-electron chi connectivity index (χ0n) is 12.4. The quantitative estimate of drug-likeness (QED) is 0.893. The molecule has 0 atom stereocenters. The maximum atomic E-state index is 13.1. The highest BCUT2D eigenvalue weighted by molar-refractivity contribution is 6.33. The predicted molar refractivity (Wildman–Crippen MR) is 86.1 cm³/mol. The molecule has 0 saturated heterocycles. The average Bonchev–Trinajstić information content (AvgIpc) is 2.57. The number of rotatable bonds is 2. The molecule has 2 heterocycles. The summed E-state index contributed by atoms with van der Waals surface area (Å²) in [6, 6.07) is 5.53. The van der Waals surface area contributed by atoms with Gasteiger partial charge in [-0.3, -0.25) is 4.79 Å². The van der Waals surface area contributed by atoms with E-state index >= 15 is 0 Å². The molecule has 4 nitrogen and oxygen atoms in total. The summed E-state index contributed by atoms with van der Waals surface area (Å²) in [4.78, 5) is 13.3. The molecule has 0 fully saturated rings. The highest BCUT2D eigenvalue weighted by atomic mass is 35.5. The van der Waals surface area contributed by atoms with Crippen molar-refractivity contribution in [2.75, 3.05) is 18.0 Å². The minimum absolute atomic E-state index is 0.0255. The van der Waals surface area contributed by atoms with Crippen LogP contribution < -0.4 is 10.5 Å². The SMILES string of the molecule is O=c1[nH]ncc(N2CC=C(c3ccccc3C(F)(F)F)CC2)c1Cl. The zero-order valence-corrected chi connectivity index (χ0v) is 13.2. The van der Waals surface area contributed by atoms with E-state index in [1.54, 1.807) is 12.1 Å². The van der Waals surface area contributed by atoms with Crippen LogP contribution >= 0.6 is 11.6 Å². The van der Waals surface area contributed by atoms with E-state index in [1.165, 1.54) is 18.3 Å². The monoisotopic (exact) mass is 355 g/mol. The van der Waals surface area contributed by atoms with Crippen molar-refractivity contribution >= 4 is 22.9 Å². The van der Waals surface area contributed by atoms with Crippen LogP contribution in [0, 0.1) is 0 Å². The molecule has 1 aromatic heterocycles. The Hall–Kier alpha value is -2.28. The number of benzene rings is 1. The fourth-order valence-corrected chi connectivity index (χ4v) is 2.95. The second-order valence-corrected chi connectivity index (χ2v) is 5.75. The molecule has 1 aliphatic rings. The van der Waals surface area contributed by atoms with Gasteiger partial charge >= 0.3 is 6.18 Å². The molecule has 0 radical (unpaired) electrons. The molecule has 0 unspecified atom stereocenters. The molecule has 8 heteroatoms. The molecule has 2 aromatic rings. The molecule has 24 heavy (non-hydrogen) atoms. The van der Waals surface area contributed by atoms with Crippen molar-refractivity contribution < 1.29 is 13.2 Å². The van der Waals surface area contributed by atoms with E-state index in [9.17, 15) is 18.0 Å². The van der Waals surface area contributed by atoms with Gasteiger partial charge in [-0.15, -0.1) is 0 Å². The highest BCUT2D eigenvalue weighted by Crippen LogP contribution is 2.37. The first-order chi connectivity index (χ1) is 11.4. The fourth-order valence-electron chi connectivity index (χ4n) is 2.74. The minimum Gasteiger partial charge on any atom is -0.365 e. The molecule has 0 saturated carbocycles. The Labute approximate surface area is 140 Å². The lowest BCUT2D eigenvalue weighted by molar-refractivity contribution is -0.137. The van der Waals surface area contributed by atoms with Crippen molar-refractivity contribution in [1.29, 1.82) is 0 Å². The van der Waals surface area contributed by atoms with Gasteiger partial charge in [0, 0.05) is 13.1 Å². The number of nitrogens with one attached hydrogen (secondary N) is 1. The van der Waals surface area contributed by atoms with Gasteiger partial charge in [-0.2, -0.15) is 18.3 Å². The summed E-state index contributed by atoms with van der Waals surface area (Å²) in [6.07, 6.45) is -0.817. The van der Waals surface area contributed by atoms with Gasteiger partial charge in [-0.1, -0.05) is 35.9 Å². The summed E-state index contributed by atoms with van der Waals surface area (Å²) in [5.74, 6) is 0. The first kappa shape index (κ1) is 16.6. The van der Waals surface area contributed by atoms with Crippen LogP contribution in [-0.4, -0.2) is 23.3 Å². The Morgan fingerprint density at radius 1 is 1.25 bits per heavy atom. The minimum atomic E-state index is -4.39. The van der Waals surface area contributed by atoms with Gasteiger partial charge in [-0.25, -0.2) is 5.10 Å².